The molecular weight excluding hydrogens is 268 g/mol. The zero-order valence-corrected chi connectivity index (χ0v) is 12.6. The molecule has 0 amide bonds. The molecule has 0 N–H and O–H groups in total. The van der Waals surface area contributed by atoms with E-state index in [4.69, 9.17) is 0 Å². The average Bonchev–Trinajstić information content (AvgIpc) is 2.28. The Balaban J connectivity index is 1.76. The number of sulfone groups is 1. The highest BCUT2D eigenvalue weighted by Crippen LogP contribution is 2.25. The van der Waals surface area contributed by atoms with Crippen molar-refractivity contribution in [3.05, 3.63) is 0 Å². The Bertz CT molecular complexity index is 383. The summed E-state index contributed by atoms with van der Waals surface area (Å²) in [6.07, 6.45) is 8.01. The SMILES string of the molecule is O=S(CC1CCCCC1)CC1CCCS(=O)(=O)C1. The Morgan fingerprint density at radius 1 is 0.889 bits per heavy atom. The maximum absolute atomic E-state index is 12.1. The molecule has 1 saturated carbocycles. The van der Waals surface area contributed by atoms with Crippen LogP contribution in [0.5, 0.6) is 0 Å². The summed E-state index contributed by atoms with van der Waals surface area (Å²) in [5, 5.41) is 0. The van der Waals surface area contributed by atoms with Crippen LogP contribution in [0.4, 0.5) is 0 Å². The molecule has 0 aromatic carbocycles. The minimum absolute atomic E-state index is 0.146. The summed E-state index contributed by atoms with van der Waals surface area (Å²) in [7, 11) is -3.66. The summed E-state index contributed by atoms with van der Waals surface area (Å²) in [6, 6.07) is 0. The van der Waals surface area contributed by atoms with Gasteiger partial charge in [-0.25, -0.2) is 8.42 Å². The second-order valence-corrected chi connectivity index (χ2v) is 9.67. The third kappa shape index (κ3) is 4.65. The minimum Gasteiger partial charge on any atom is -0.260 e. The molecule has 2 aliphatic rings. The van der Waals surface area contributed by atoms with Gasteiger partial charge >= 0.3 is 0 Å². The molecule has 5 heteroatoms. The van der Waals surface area contributed by atoms with Crippen molar-refractivity contribution in [1.82, 2.24) is 0 Å². The maximum atomic E-state index is 12.1. The van der Waals surface area contributed by atoms with Crippen LogP contribution in [0.15, 0.2) is 0 Å². The van der Waals surface area contributed by atoms with Crippen LogP contribution in [0.1, 0.15) is 44.9 Å². The van der Waals surface area contributed by atoms with E-state index in [2.05, 4.69) is 0 Å². The van der Waals surface area contributed by atoms with E-state index in [0.717, 1.165) is 18.6 Å². The predicted molar refractivity (Wildman–Crippen MR) is 75.8 cm³/mol. The molecule has 106 valence electrons. The van der Waals surface area contributed by atoms with Crippen molar-refractivity contribution >= 4 is 20.6 Å². The van der Waals surface area contributed by atoms with Gasteiger partial charge in [-0.3, -0.25) is 4.21 Å². The van der Waals surface area contributed by atoms with Gasteiger partial charge in [0.1, 0.15) is 0 Å². The van der Waals surface area contributed by atoms with E-state index in [9.17, 15) is 12.6 Å². The summed E-state index contributed by atoms with van der Waals surface area (Å²) < 4.78 is 35.2. The van der Waals surface area contributed by atoms with Gasteiger partial charge in [0.05, 0.1) is 11.5 Å². The lowest BCUT2D eigenvalue weighted by molar-refractivity contribution is 0.388. The van der Waals surface area contributed by atoms with E-state index in [1.54, 1.807) is 0 Å². The van der Waals surface area contributed by atoms with Crippen molar-refractivity contribution in [3.8, 4) is 0 Å². The van der Waals surface area contributed by atoms with E-state index in [-0.39, 0.29) is 11.7 Å². The Morgan fingerprint density at radius 3 is 2.17 bits per heavy atom. The second-order valence-electron chi connectivity index (χ2n) is 5.90. The van der Waals surface area contributed by atoms with Gasteiger partial charge in [0.2, 0.25) is 0 Å². The third-order valence-electron chi connectivity index (χ3n) is 4.13. The molecule has 0 aromatic rings. The van der Waals surface area contributed by atoms with E-state index in [1.807, 2.05) is 0 Å². The largest absolute Gasteiger partial charge is 0.260 e. The Morgan fingerprint density at radius 2 is 1.50 bits per heavy atom. The van der Waals surface area contributed by atoms with Gasteiger partial charge < -0.3 is 0 Å². The summed E-state index contributed by atoms with van der Waals surface area (Å²) >= 11 is 0. The number of hydrogen-bond donors (Lipinski definition) is 0. The van der Waals surface area contributed by atoms with Gasteiger partial charge in [-0.1, -0.05) is 19.3 Å². The lowest BCUT2D eigenvalue weighted by atomic mass is 9.91. The molecule has 2 fully saturated rings. The highest BCUT2D eigenvalue weighted by Gasteiger charge is 2.27. The van der Waals surface area contributed by atoms with E-state index >= 15 is 0 Å². The maximum Gasteiger partial charge on any atom is 0.150 e. The van der Waals surface area contributed by atoms with E-state index in [1.165, 1.54) is 32.1 Å². The van der Waals surface area contributed by atoms with Crippen molar-refractivity contribution < 1.29 is 12.6 Å². The quantitative estimate of drug-likeness (QED) is 0.797. The van der Waals surface area contributed by atoms with E-state index in [0.29, 0.717) is 17.4 Å². The lowest BCUT2D eigenvalue weighted by Gasteiger charge is -2.24. The fourth-order valence-corrected chi connectivity index (χ4v) is 6.93. The van der Waals surface area contributed by atoms with Crippen molar-refractivity contribution in [2.45, 2.75) is 44.9 Å². The molecule has 1 aliphatic heterocycles. The predicted octanol–water partition coefficient (Wildman–Crippen LogP) is 2.14. The molecule has 0 radical (unpaired) electrons. The standard InChI is InChI=1S/C13H24O3S2/c14-17(9-12-5-2-1-3-6-12)10-13-7-4-8-18(15,16)11-13/h12-13H,1-11H2. The first-order chi connectivity index (χ1) is 8.55. The molecule has 2 atom stereocenters. The summed E-state index contributed by atoms with van der Waals surface area (Å²) in [5.41, 5.74) is 0. The van der Waals surface area contributed by atoms with Crippen LogP contribution in [-0.4, -0.2) is 35.6 Å². The molecule has 1 heterocycles. The van der Waals surface area contributed by atoms with Crippen molar-refractivity contribution in [1.29, 1.82) is 0 Å². The molecule has 1 aliphatic carbocycles. The molecule has 0 spiro atoms. The summed E-state index contributed by atoms with van der Waals surface area (Å²) in [4.78, 5) is 0. The molecule has 3 nitrogen and oxygen atoms in total. The highest BCUT2D eigenvalue weighted by atomic mass is 32.2. The van der Waals surface area contributed by atoms with Gasteiger partial charge in [-0.15, -0.1) is 0 Å². The first kappa shape index (κ1) is 14.5. The first-order valence-electron chi connectivity index (χ1n) is 7.10. The topological polar surface area (TPSA) is 51.2 Å². The zero-order chi connectivity index (χ0) is 13.0. The van der Waals surface area contributed by atoms with Crippen molar-refractivity contribution in [2.75, 3.05) is 23.0 Å². The fourth-order valence-electron chi connectivity index (χ4n) is 3.20. The average molecular weight is 292 g/mol. The lowest BCUT2D eigenvalue weighted by Crippen LogP contribution is -2.30. The molecule has 1 saturated heterocycles. The van der Waals surface area contributed by atoms with Crippen LogP contribution in [0.25, 0.3) is 0 Å². The Hall–Kier alpha value is 0.1000. The molecule has 0 aromatic heterocycles. The minimum atomic E-state index is -2.85. The first-order valence-corrected chi connectivity index (χ1v) is 10.4. The molecule has 0 bridgehead atoms. The second kappa shape index (κ2) is 6.51. The molecular formula is C13H24O3S2. The van der Waals surface area contributed by atoms with E-state index < -0.39 is 20.6 Å². The Labute approximate surface area is 113 Å². The van der Waals surface area contributed by atoms with Gasteiger partial charge in [-0.2, -0.15) is 0 Å². The fraction of sp³-hybridized carbons (Fsp3) is 1.00. The number of hydrogen-bond acceptors (Lipinski definition) is 3. The van der Waals surface area contributed by atoms with Crippen LogP contribution in [0.3, 0.4) is 0 Å². The van der Waals surface area contributed by atoms with Crippen LogP contribution in [0, 0.1) is 11.8 Å². The molecule has 2 unspecified atom stereocenters. The van der Waals surface area contributed by atoms with Gasteiger partial charge in [0, 0.05) is 22.3 Å². The van der Waals surface area contributed by atoms with Crippen molar-refractivity contribution in [3.63, 3.8) is 0 Å². The Kier molecular flexibility index (Phi) is 5.24. The summed E-state index contributed by atoms with van der Waals surface area (Å²) in [6.45, 7) is 0. The van der Waals surface area contributed by atoms with Crippen LogP contribution in [0.2, 0.25) is 0 Å². The zero-order valence-electron chi connectivity index (χ0n) is 11.0. The highest BCUT2D eigenvalue weighted by molar-refractivity contribution is 7.91. The van der Waals surface area contributed by atoms with Gasteiger partial charge in [0.25, 0.3) is 0 Å². The van der Waals surface area contributed by atoms with Crippen LogP contribution < -0.4 is 0 Å². The van der Waals surface area contributed by atoms with Gasteiger partial charge in [0.15, 0.2) is 9.84 Å². The normalized spacial score (nSPS) is 31.0. The monoisotopic (exact) mass is 292 g/mol. The third-order valence-corrected chi connectivity index (χ3v) is 7.70. The smallest absolute Gasteiger partial charge is 0.150 e. The summed E-state index contributed by atoms with van der Waals surface area (Å²) in [5.74, 6) is 2.78. The van der Waals surface area contributed by atoms with Crippen LogP contribution >= 0.6 is 0 Å². The number of rotatable bonds is 4. The van der Waals surface area contributed by atoms with Crippen molar-refractivity contribution in [2.24, 2.45) is 11.8 Å². The molecule has 18 heavy (non-hydrogen) atoms. The molecule has 2 rings (SSSR count). The van der Waals surface area contributed by atoms with Crippen LogP contribution in [-0.2, 0) is 20.6 Å². The van der Waals surface area contributed by atoms with Gasteiger partial charge in [-0.05, 0) is 37.5 Å².